The molecule has 18 heavy (non-hydrogen) atoms. The van der Waals surface area contributed by atoms with Crippen LogP contribution in [0, 0.1) is 5.92 Å². The second-order valence-electron chi connectivity index (χ2n) is 4.38. The minimum atomic E-state index is -0.959. The predicted molar refractivity (Wildman–Crippen MR) is 69.9 cm³/mol. The number of hydrogen-bond acceptors (Lipinski definition) is 4. The van der Waals surface area contributed by atoms with E-state index < -0.39 is 5.97 Å². The fraction of sp³-hybridized carbons (Fsp3) is 0.538. The van der Waals surface area contributed by atoms with E-state index in [2.05, 4.69) is 24.1 Å². The van der Waals surface area contributed by atoms with E-state index in [1.807, 2.05) is 6.92 Å². The number of carboxylic acids is 1. The molecule has 1 heterocycles. The maximum absolute atomic E-state index is 11.1. The van der Waals surface area contributed by atoms with Crippen LogP contribution in [0.2, 0.25) is 0 Å². The van der Waals surface area contributed by atoms with E-state index in [0.29, 0.717) is 24.8 Å². The van der Waals surface area contributed by atoms with Crippen molar-refractivity contribution >= 4 is 11.7 Å². The van der Waals surface area contributed by atoms with Gasteiger partial charge in [0.05, 0.1) is 30.1 Å². The second kappa shape index (κ2) is 6.96. The van der Waals surface area contributed by atoms with E-state index in [0.717, 1.165) is 0 Å². The molecular weight excluding hydrogens is 232 g/mol. The van der Waals surface area contributed by atoms with Crippen molar-refractivity contribution in [3.63, 3.8) is 0 Å². The maximum Gasteiger partial charge on any atom is 0.337 e. The summed E-state index contributed by atoms with van der Waals surface area (Å²) >= 11 is 0. The van der Waals surface area contributed by atoms with Gasteiger partial charge in [0, 0.05) is 12.8 Å². The smallest absolute Gasteiger partial charge is 0.337 e. The average molecular weight is 252 g/mol. The number of pyridine rings is 1. The van der Waals surface area contributed by atoms with Gasteiger partial charge in [-0.3, -0.25) is 4.98 Å². The molecule has 1 atom stereocenters. The van der Waals surface area contributed by atoms with Crippen molar-refractivity contribution in [1.82, 2.24) is 4.98 Å². The highest BCUT2D eigenvalue weighted by Gasteiger charge is 2.17. The lowest BCUT2D eigenvalue weighted by atomic mass is 10.0. The summed E-state index contributed by atoms with van der Waals surface area (Å²) in [5, 5.41) is 12.3. The van der Waals surface area contributed by atoms with Crippen molar-refractivity contribution in [2.24, 2.45) is 5.92 Å². The predicted octanol–water partition coefficient (Wildman–Crippen LogP) is 2.25. The van der Waals surface area contributed by atoms with Crippen LogP contribution in [0.5, 0.6) is 0 Å². The zero-order valence-electron chi connectivity index (χ0n) is 11.0. The summed E-state index contributed by atoms with van der Waals surface area (Å²) in [7, 11) is 0. The Labute approximate surface area is 107 Å². The zero-order valence-corrected chi connectivity index (χ0v) is 11.0. The van der Waals surface area contributed by atoms with Gasteiger partial charge in [-0.25, -0.2) is 4.79 Å². The van der Waals surface area contributed by atoms with Crippen LogP contribution in [0.4, 0.5) is 5.69 Å². The summed E-state index contributed by atoms with van der Waals surface area (Å²) < 4.78 is 5.40. The number of carboxylic acid groups (broad SMARTS) is 1. The molecule has 0 aliphatic carbocycles. The number of anilines is 1. The van der Waals surface area contributed by atoms with Crippen LogP contribution >= 0.6 is 0 Å². The normalized spacial score (nSPS) is 12.4. The van der Waals surface area contributed by atoms with Gasteiger partial charge in [0.15, 0.2) is 0 Å². The van der Waals surface area contributed by atoms with Crippen LogP contribution in [0.3, 0.4) is 0 Å². The number of hydrogen-bond donors (Lipinski definition) is 2. The molecule has 0 saturated carbocycles. The minimum absolute atomic E-state index is 0.0623. The van der Waals surface area contributed by atoms with E-state index in [4.69, 9.17) is 9.84 Å². The number of aromatic nitrogens is 1. The van der Waals surface area contributed by atoms with Gasteiger partial charge in [0.2, 0.25) is 0 Å². The van der Waals surface area contributed by atoms with Crippen molar-refractivity contribution in [2.45, 2.75) is 26.8 Å². The van der Waals surface area contributed by atoms with Gasteiger partial charge in [-0.2, -0.15) is 0 Å². The number of ether oxygens (including phenoxy) is 1. The van der Waals surface area contributed by atoms with Crippen LogP contribution in [0.1, 0.15) is 31.1 Å². The summed E-state index contributed by atoms with van der Waals surface area (Å²) in [4.78, 5) is 15.0. The minimum Gasteiger partial charge on any atom is -0.478 e. The molecule has 1 rings (SSSR count). The first kappa shape index (κ1) is 14.4. The highest BCUT2D eigenvalue weighted by molar-refractivity contribution is 5.93. The highest BCUT2D eigenvalue weighted by atomic mass is 16.5. The van der Waals surface area contributed by atoms with Gasteiger partial charge in [0.1, 0.15) is 0 Å². The number of rotatable bonds is 7. The molecule has 100 valence electrons. The van der Waals surface area contributed by atoms with Crippen molar-refractivity contribution in [3.8, 4) is 0 Å². The van der Waals surface area contributed by atoms with Gasteiger partial charge in [-0.05, 0) is 18.9 Å². The Balaban J connectivity index is 2.83. The molecule has 1 aromatic heterocycles. The quantitative estimate of drug-likeness (QED) is 0.778. The second-order valence-corrected chi connectivity index (χ2v) is 4.38. The van der Waals surface area contributed by atoms with Gasteiger partial charge >= 0.3 is 5.97 Å². The Hall–Kier alpha value is -1.62. The Morgan fingerprint density at radius 2 is 2.28 bits per heavy atom. The van der Waals surface area contributed by atoms with Gasteiger partial charge in [0.25, 0.3) is 0 Å². The molecule has 0 saturated heterocycles. The lowest BCUT2D eigenvalue weighted by Gasteiger charge is -2.23. The third-order valence-electron chi connectivity index (χ3n) is 2.70. The molecule has 0 aliphatic heterocycles. The molecule has 0 amide bonds. The first-order chi connectivity index (χ1) is 8.56. The van der Waals surface area contributed by atoms with Gasteiger partial charge in [-0.15, -0.1) is 0 Å². The highest BCUT2D eigenvalue weighted by Crippen LogP contribution is 2.17. The van der Waals surface area contributed by atoms with E-state index in [-0.39, 0.29) is 11.6 Å². The molecule has 1 aromatic rings. The van der Waals surface area contributed by atoms with Gasteiger partial charge in [-0.1, -0.05) is 13.8 Å². The van der Waals surface area contributed by atoms with Crippen molar-refractivity contribution in [2.75, 3.05) is 18.5 Å². The van der Waals surface area contributed by atoms with E-state index >= 15 is 0 Å². The Bertz CT molecular complexity index is 394. The van der Waals surface area contributed by atoms with E-state index in [9.17, 15) is 4.79 Å². The lowest BCUT2D eigenvalue weighted by Crippen LogP contribution is -2.31. The number of aromatic carboxylic acids is 1. The van der Waals surface area contributed by atoms with Crippen LogP contribution in [0.25, 0.3) is 0 Å². The van der Waals surface area contributed by atoms with Crippen LogP contribution < -0.4 is 5.32 Å². The standard InChI is InChI=1S/C13H20N2O3/c1-4-18-8-12(9(2)3)15-11-7-14-6-5-10(11)13(16)17/h5-7,9,12,15H,4,8H2,1-3H3,(H,16,17). The zero-order chi connectivity index (χ0) is 13.5. The molecule has 0 aromatic carbocycles. The Morgan fingerprint density at radius 3 is 2.83 bits per heavy atom. The van der Waals surface area contributed by atoms with E-state index in [1.165, 1.54) is 18.5 Å². The van der Waals surface area contributed by atoms with E-state index in [1.54, 1.807) is 0 Å². The maximum atomic E-state index is 11.1. The fourth-order valence-electron chi connectivity index (χ4n) is 1.54. The summed E-state index contributed by atoms with van der Waals surface area (Å²) in [6.45, 7) is 7.25. The summed E-state index contributed by atoms with van der Waals surface area (Å²) in [5.74, 6) is -0.628. The Kier molecular flexibility index (Phi) is 5.58. The average Bonchev–Trinajstić information content (AvgIpc) is 2.34. The molecular formula is C13H20N2O3. The first-order valence-corrected chi connectivity index (χ1v) is 6.07. The molecule has 1 unspecified atom stereocenters. The van der Waals surface area contributed by atoms with Crippen molar-refractivity contribution < 1.29 is 14.6 Å². The molecule has 0 aliphatic rings. The molecule has 0 spiro atoms. The fourth-order valence-corrected chi connectivity index (χ4v) is 1.54. The molecule has 5 nitrogen and oxygen atoms in total. The number of nitrogens with zero attached hydrogens (tertiary/aromatic N) is 1. The van der Waals surface area contributed by atoms with Crippen LogP contribution in [0.15, 0.2) is 18.5 Å². The molecule has 2 N–H and O–H groups in total. The molecule has 5 heteroatoms. The summed E-state index contributed by atoms with van der Waals surface area (Å²) in [6, 6.07) is 1.55. The van der Waals surface area contributed by atoms with Crippen LogP contribution in [-0.2, 0) is 4.74 Å². The monoisotopic (exact) mass is 252 g/mol. The van der Waals surface area contributed by atoms with Gasteiger partial charge < -0.3 is 15.2 Å². The first-order valence-electron chi connectivity index (χ1n) is 6.07. The van der Waals surface area contributed by atoms with Crippen molar-refractivity contribution in [1.29, 1.82) is 0 Å². The third kappa shape index (κ3) is 4.00. The SMILES string of the molecule is CCOCC(Nc1cnccc1C(=O)O)C(C)C. The van der Waals surface area contributed by atoms with Crippen LogP contribution in [-0.4, -0.2) is 35.3 Å². The molecule has 0 radical (unpaired) electrons. The third-order valence-corrected chi connectivity index (χ3v) is 2.70. The molecule has 0 fully saturated rings. The topological polar surface area (TPSA) is 71.5 Å². The summed E-state index contributed by atoms with van der Waals surface area (Å²) in [6.07, 6.45) is 3.01. The summed E-state index contributed by atoms with van der Waals surface area (Å²) in [5.41, 5.74) is 0.760. The number of nitrogens with one attached hydrogen (secondary N) is 1. The number of carbonyl (C=O) groups is 1. The Morgan fingerprint density at radius 1 is 1.56 bits per heavy atom. The largest absolute Gasteiger partial charge is 0.478 e. The van der Waals surface area contributed by atoms with Crippen molar-refractivity contribution in [3.05, 3.63) is 24.0 Å². The molecule has 0 bridgehead atoms. The lowest BCUT2D eigenvalue weighted by molar-refractivity contribution is 0.0697.